The van der Waals surface area contributed by atoms with Crippen LogP contribution in [0, 0.1) is 11.3 Å². The number of amides is 1. The summed E-state index contributed by atoms with van der Waals surface area (Å²) in [5, 5.41) is 25.3. The van der Waals surface area contributed by atoms with Gasteiger partial charge in [0.2, 0.25) is 5.88 Å². The molecule has 0 aliphatic rings. The molecule has 0 spiro atoms. The molecule has 1 aromatic carbocycles. The van der Waals surface area contributed by atoms with Gasteiger partial charge < -0.3 is 15.2 Å². The highest BCUT2D eigenvalue weighted by Crippen LogP contribution is 2.37. The van der Waals surface area contributed by atoms with Gasteiger partial charge in [-0.2, -0.15) is 5.26 Å². The van der Waals surface area contributed by atoms with Gasteiger partial charge in [0.1, 0.15) is 5.75 Å². The highest BCUT2D eigenvalue weighted by atomic mass is 16.5. The minimum Gasteiger partial charge on any atom is -0.507 e. The zero-order valence-corrected chi connectivity index (χ0v) is 14.7. The first-order chi connectivity index (χ1) is 12.6. The predicted molar refractivity (Wildman–Crippen MR) is 97.1 cm³/mol. The lowest BCUT2D eigenvalue weighted by Crippen LogP contribution is -2.41. The number of pyridine rings is 1. The number of phenols is 1. The highest BCUT2D eigenvalue weighted by molar-refractivity contribution is 6.11. The molecule has 1 heterocycles. The number of nitrogens with one attached hydrogen (secondary N) is 2. The van der Waals surface area contributed by atoms with Crippen LogP contribution in [0.25, 0.3) is 11.1 Å². The summed E-state index contributed by atoms with van der Waals surface area (Å²) in [7, 11) is 2.96. The summed E-state index contributed by atoms with van der Waals surface area (Å²) in [6, 6.07) is 8.10. The molecule has 8 heteroatoms. The molecular formula is C18H19N5O3. The number of hydrogen-bond donors (Lipinski definition) is 3. The normalized spacial score (nSPS) is 10.8. The van der Waals surface area contributed by atoms with Crippen LogP contribution in [0.3, 0.4) is 0 Å². The van der Waals surface area contributed by atoms with Crippen LogP contribution in [0.4, 0.5) is 0 Å². The number of nitriles is 1. The summed E-state index contributed by atoms with van der Waals surface area (Å²) < 4.78 is 5.24. The lowest BCUT2D eigenvalue weighted by molar-refractivity contribution is 0.0974. The molecule has 26 heavy (non-hydrogen) atoms. The van der Waals surface area contributed by atoms with Crippen molar-refractivity contribution in [3.8, 4) is 28.8 Å². The number of methoxy groups -OCH3 is 1. The number of rotatable bonds is 4. The number of aliphatic imine (C=N–C) groups is 1. The predicted octanol–water partition coefficient (Wildman–Crippen LogP) is 1.66. The van der Waals surface area contributed by atoms with Crippen molar-refractivity contribution in [2.75, 3.05) is 20.7 Å². The van der Waals surface area contributed by atoms with E-state index in [-0.39, 0.29) is 34.3 Å². The molecule has 8 nitrogen and oxygen atoms in total. The number of hydrogen-bond acceptors (Lipinski definition) is 6. The number of benzene rings is 1. The molecule has 134 valence electrons. The first-order valence-electron chi connectivity index (χ1n) is 7.84. The van der Waals surface area contributed by atoms with E-state index in [0.717, 1.165) is 0 Å². The molecule has 0 unspecified atom stereocenters. The van der Waals surface area contributed by atoms with E-state index in [1.807, 2.05) is 13.0 Å². The standard InChI is InChI=1S/C18H19N5O3/c1-4-21-18(20-2)23-16(25)15-13(24)8-7-11(10-19)14(15)12-6-5-9-22-17(12)26-3/h5-9,24H,4H2,1-3H3,(H2,20,21,23,25). The van der Waals surface area contributed by atoms with Gasteiger partial charge in [-0.05, 0) is 31.2 Å². The van der Waals surface area contributed by atoms with E-state index in [4.69, 9.17) is 4.74 Å². The number of ether oxygens (including phenoxy) is 1. The van der Waals surface area contributed by atoms with E-state index >= 15 is 0 Å². The molecule has 0 atom stereocenters. The van der Waals surface area contributed by atoms with Gasteiger partial charge in [-0.3, -0.25) is 15.1 Å². The van der Waals surface area contributed by atoms with Gasteiger partial charge in [-0.25, -0.2) is 4.98 Å². The Kier molecular flexibility index (Phi) is 6.11. The fraction of sp³-hybridized carbons (Fsp3) is 0.222. The Morgan fingerprint density at radius 1 is 1.42 bits per heavy atom. The number of phenolic OH excluding ortho intramolecular Hbond substituents is 1. The molecule has 0 fully saturated rings. The third-order valence-corrected chi connectivity index (χ3v) is 3.56. The van der Waals surface area contributed by atoms with E-state index in [9.17, 15) is 15.2 Å². The SMILES string of the molecule is CCNC(=NC)NC(=O)c1c(O)ccc(C#N)c1-c1cccnc1OC. The van der Waals surface area contributed by atoms with Crippen molar-refractivity contribution in [1.29, 1.82) is 5.26 Å². The molecular weight excluding hydrogens is 334 g/mol. The lowest BCUT2D eigenvalue weighted by atomic mass is 9.94. The van der Waals surface area contributed by atoms with Crippen molar-refractivity contribution in [2.24, 2.45) is 4.99 Å². The van der Waals surface area contributed by atoms with Crippen molar-refractivity contribution in [1.82, 2.24) is 15.6 Å². The van der Waals surface area contributed by atoms with Crippen LogP contribution in [0.5, 0.6) is 11.6 Å². The van der Waals surface area contributed by atoms with E-state index in [2.05, 4.69) is 20.6 Å². The molecule has 2 rings (SSSR count). The van der Waals surface area contributed by atoms with Gasteiger partial charge in [0.15, 0.2) is 5.96 Å². The molecule has 2 aromatic rings. The summed E-state index contributed by atoms with van der Waals surface area (Å²) in [6.45, 7) is 2.41. The smallest absolute Gasteiger partial charge is 0.262 e. The summed E-state index contributed by atoms with van der Waals surface area (Å²) in [5.41, 5.74) is 0.806. The first kappa shape index (κ1) is 18.7. The Hall–Kier alpha value is -3.60. The molecule has 0 aliphatic heterocycles. The van der Waals surface area contributed by atoms with Crippen LogP contribution in [-0.4, -0.2) is 42.7 Å². The van der Waals surface area contributed by atoms with E-state index in [1.165, 1.54) is 32.5 Å². The maximum absolute atomic E-state index is 12.8. The Morgan fingerprint density at radius 2 is 2.19 bits per heavy atom. The number of guanidine groups is 1. The topological polar surface area (TPSA) is 120 Å². The number of aromatic nitrogens is 1. The minimum absolute atomic E-state index is 0.0607. The Labute approximate surface area is 151 Å². The minimum atomic E-state index is -0.609. The largest absolute Gasteiger partial charge is 0.507 e. The van der Waals surface area contributed by atoms with Crippen LogP contribution in [0.1, 0.15) is 22.8 Å². The quantitative estimate of drug-likeness (QED) is 0.568. The maximum atomic E-state index is 12.8. The second-order valence-corrected chi connectivity index (χ2v) is 5.11. The van der Waals surface area contributed by atoms with Crippen molar-refractivity contribution in [2.45, 2.75) is 6.92 Å². The number of carbonyl (C=O) groups is 1. The fourth-order valence-electron chi connectivity index (χ4n) is 2.45. The third-order valence-electron chi connectivity index (χ3n) is 3.56. The van der Waals surface area contributed by atoms with E-state index in [1.54, 1.807) is 12.1 Å². The number of carbonyl (C=O) groups excluding carboxylic acids is 1. The van der Waals surface area contributed by atoms with Gasteiger partial charge in [-0.1, -0.05) is 0 Å². The lowest BCUT2D eigenvalue weighted by Gasteiger charge is -2.16. The average Bonchev–Trinajstić information content (AvgIpc) is 2.67. The fourth-order valence-corrected chi connectivity index (χ4v) is 2.45. The van der Waals surface area contributed by atoms with Gasteiger partial charge in [0.05, 0.1) is 24.3 Å². The molecule has 0 radical (unpaired) electrons. The van der Waals surface area contributed by atoms with Gasteiger partial charge in [0.25, 0.3) is 5.91 Å². The van der Waals surface area contributed by atoms with Crippen LogP contribution in [-0.2, 0) is 0 Å². The summed E-state index contributed by atoms with van der Waals surface area (Å²) in [4.78, 5) is 20.9. The highest BCUT2D eigenvalue weighted by Gasteiger charge is 2.24. The maximum Gasteiger partial charge on any atom is 0.262 e. The molecule has 0 aliphatic carbocycles. The molecule has 3 N–H and O–H groups in total. The third kappa shape index (κ3) is 3.72. The van der Waals surface area contributed by atoms with Crippen molar-refractivity contribution in [3.05, 3.63) is 41.6 Å². The molecule has 0 saturated heterocycles. The van der Waals surface area contributed by atoms with Gasteiger partial charge in [0, 0.05) is 30.9 Å². The Morgan fingerprint density at radius 3 is 2.81 bits per heavy atom. The first-order valence-corrected chi connectivity index (χ1v) is 7.84. The molecule has 0 saturated carbocycles. The summed E-state index contributed by atoms with van der Waals surface area (Å²) >= 11 is 0. The Bertz CT molecular complexity index is 887. The van der Waals surface area contributed by atoms with E-state index < -0.39 is 5.91 Å². The number of aromatic hydroxyl groups is 1. The summed E-state index contributed by atoms with van der Waals surface area (Å²) in [5.74, 6) is -0.389. The molecule has 1 aromatic heterocycles. The molecule has 1 amide bonds. The van der Waals surface area contributed by atoms with Crippen LogP contribution in [0.2, 0.25) is 0 Å². The molecule has 0 bridgehead atoms. The monoisotopic (exact) mass is 353 g/mol. The van der Waals surface area contributed by atoms with Gasteiger partial charge >= 0.3 is 0 Å². The Balaban J connectivity index is 2.67. The number of nitrogens with zero attached hydrogens (tertiary/aromatic N) is 3. The second kappa shape index (κ2) is 8.48. The van der Waals surface area contributed by atoms with Crippen LogP contribution >= 0.6 is 0 Å². The van der Waals surface area contributed by atoms with Crippen molar-refractivity contribution >= 4 is 11.9 Å². The van der Waals surface area contributed by atoms with Gasteiger partial charge in [-0.15, -0.1) is 0 Å². The second-order valence-electron chi connectivity index (χ2n) is 5.11. The zero-order valence-electron chi connectivity index (χ0n) is 14.7. The zero-order chi connectivity index (χ0) is 19.1. The summed E-state index contributed by atoms with van der Waals surface area (Å²) in [6.07, 6.45) is 1.53. The van der Waals surface area contributed by atoms with Crippen molar-refractivity contribution in [3.63, 3.8) is 0 Å². The van der Waals surface area contributed by atoms with Crippen LogP contribution in [0.15, 0.2) is 35.5 Å². The van der Waals surface area contributed by atoms with E-state index in [0.29, 0.717) is 12.1 Å². The van der Waals surface area contributed by atoms with Crippen molar-refractivity contribution < 1.29 is 14.6 Å². The van der Waals surface area contributed by atoms with Crippen LogP contribution < -0.4 is 15.4 Å². The average molecular weight is 353 g/mol.